The lowest BCUT2D eigenvalue weighted by Crippen LogP contribution is -2.16. The van der Waals surface area contributed by atoms with Crippen molar-refractivity contribution >= 4 is 33.2 Å². The van der Waals surface area contributed by atoms with Crippen molar-refractivity contribution in [3.63, 3.8) is 0 Å². The first-order valence-corrected chi connectivity index (χ1v) is 10.2. The lowest BCUT2D eigenvalue weighted by atomic mass is 10.1. The van der Waals surface area contributed by atoms with Gasteiger partial charge in [0.05, 0.1) is 11.3 Å². The van der Waals surface area contributed by atoms with E-state index in [1.54, 1.807) is 54.6 Å². The summed E-state index contributed by atoms with van der Waals surface area (Å²) in [6.45, 7) is 0. The van der Waals surface area contributed by atoms with E-state index in [-0.39, 0.29) is 16.9 Å². The quantitative estimate of drug-likeness (QED) is 0.556. The van der Waals surface area contributed by atoms with Crippen LogP contribution in [0.2, 0.25) is 0 Å². The van der Waals surface area contributed by atoms with Gasteiger partial charge in [-0.1, -0.05) is 36.4 Å². The number of anilines is 2. The van der Waals surface area contributed by atoms with Gasteiger partial charge in [0, 0.05) is 16.9 Å². The Balaban J connectivity index is 1.78. The van der Waals surface area contributed by atoms with Gasteiger partial charge < -0.3 is 11.1 Å². The molecule has 0 spiro atoms. The van der Waals surface area contributed by atoms with Crippen LogP contribution in [0, 0.1) is 0 Å². The minimum Gasteiger partial charge on any atom is -0.369 e. The summed E-state index contributed by atoms with van der Waals surface area (Å²) in [4.78, 5) is 23.6. The molecule has 0 aliphatic rings. The summed E-state index contributed by atoms with van der Waals surface area (Å²) in [6.07, 6.45) is 0.0581. The molecule has 0 heterocycles. The van der Waals surface area contributed by atoms with Crippen LogP contribution >= 0.6 is 0 Å². The summed E-state index contributed by atoms with van der Waals surface area (Å²) in [5.74, 6) is -0.949. The van der Waals surface area contributed by atoms with E-state index in [2.05, 4.69) is 10.0 Å². The van der Waals surface area contributed by atoms with Crippen molar-refractivity contribution in [1.82, 2.24) is 0 Å². The maximum Gasteiger partial charge on any atom is 0.261 e. The van der Waals surface area contributed by atoms with E-state index in [9.17, 15) is 18.0 Å². The van der Waals surface area contributed by atoms with Crippen molar-refractivity contribution in [1.29, 1.82) is 0 Å². The number of sulfonamides is 1. The highest BCUT2D eigenvalue weighted by atomic mass is 32.2. The molecule has 0 aliphatic heterocycles. The van der Waals surface area contributed by atoms with Gasteiger partial charge in [-0.3, -0.25) is 14.3 Å². The lowest BCUT2D eigenvalue weighted by Gasteiger charge is -2.10. The molecule has 0 unspecified atom stereocenters. The molecule has 3 aromatic carbocycles. The Morgan fingerprint density at radius 1 is 0.828 bits per heavy atom. The fourth-order valence-corrected chi connectivity index (χ4v) is 3.79. The second kappa shape index (κ2) is 8.57. The summed E-state index contributed by atoms with van der Waals surface area (Å²) < 4.78 is 27.7. The van der Waals surface area contributed by atoms with Crippen LogP contribution in [0.5, 0.6) is 0 Å². The van der Waals surface area contributed by atoms with Gasteiger partial charge in [-0.2, -0.15) is 0 Å². The van der Waals surface area contributed by atoms with Crippen LogP contribution in [0.15, 0.2) is 83.8 Å². The van der Waals surface area contributed by atoms with Crippen LogP contribution in [-0.4, -0.2) is 20.2 Å². The molecule has 8 heteroatoms. The number of amides is 2. The molecular formula is C21H19N3O4S. The van der Waals surface area contributed by atoms with Crippen molar-refractivity contribution in [2.75, 3.05) is 10.0 Å². The van der Waals surface area contributed by atoms with Gasteiger partial charge in [0.15, 0.2) is 0 Å². The molecule has 0 bridgehead atoms. The van der Waals surface area contributed by atoms with Crippen LogP contribution in [0.1, 0.15) is 15.9 Å². The minimum atomic E-state index is -3.84. The van der Waals surface area contributed by atoms with Gasteiger partial charge in [-0.25, -0.2) is 8.42 Å². The molecular weight excluding hydrogens is 390 g/mol. The Kier molecular flexibility index (Phi) is 5.94. The maximum atomic E-state index is 12.6. The molecule has 2 amide bonds. The number of rotatable bonds is 7. The van der Waals surface area contributed by atoms with Gasteiger partial charge in [0.2, 0.25) is 5.91 Å². The van der Waals surface area contributed by atoms with Crippen LogP contribution in [0.4, 0.5) is 11.4 Å². The standard InChI is InChI=1S/C21H19N3O4S/c22-20(25)13-15-6-4-10-18(12-15)23-21(26)16-7-5-11-19(14-16)29(27,28)24-17-8-2-1-3-9-17/h1-12,14,24H,13H2,(H2,22,25)(H,23,26). The molecule has 0 atom stereocenters. The van der Waals surface area contributed by atoms with E-state index < -0.39 is 21.8 Å². The third kappa shape index (κ3) is 5.43. The van der Waals surface area contributed by atoms with Gasteiger partial charge in [0.1, 0.15) is 0 Å². The monoisotopic (exact) mass is 409 g/mol. The molecule has 0 saturated heterocycles. The Bertz CT molecular complexity index is 1150. The maximum absolute atomic E-state index is 12.6. The largest absolute Gasteiger partial charge is 0.369 e. The van der Waals surface area contributed by atoms with Crippen molar-refractivity contribution in [3.8, 4) is 0 Å². The Hall–Kier alpha value is -3.65. The molecule has 29 heavy (non-hydrogen) atoms. The highest BCUT2D eigenvalue weighted by molar-refractivity contribution is 7.92. The highest BCUT2D eigenvalue weighted by Gasteiger charge is 2.16. The summed E-state index contributed by atoms with van der Waals surface area (Å²) >= 11 is 0. The minimum absolute atomic E-state index is 0.0310. The summed E-state index contributed by atoms with van der Waals surface area (Å²) in [5.41, 5.74) is 6.94. The van der Waals surface area contributed by atoms with Gasteiger partial charge in [-0.15, -0.1) is 0 Å². The molecule has 7 nitrogen and oxygen atoms in total. The fourth-order valence-electron chi connectivity index (χ4n) is 2.69. The summed E-state index contributed by atoms with van der Waals surface area (Å²) in [7, 11) is -3.84. The SMILES string of the molecule is NC(=O)Cc1cccc(NC(=O)c2cccc(S(=O)(=O)Nc3ccccc3)c2)c1. The zero-order chi connectivity index (χ0) is 20.9. The second-order valence-corrected chi connectivity index (χ2v) is 7.98. The molecule has 0 fully saturated rings. The van der Waals surface area contributed by atoms with Gasteiger partial charge in [0.25, 0.3) is 15.9 Å². The Morgan fingerprint density at radius 2 is 1.52 bits per heavy atom. The molecule has 0 saturated carbocycles. The van der Waals surface area contributed by atoms with E-state index in [1.807, 2.05) is 0 Å². The normalized spacial score (nSPS) is 10.9. The Labute approximate surface area is 168 Å². The average molecular weight is 409 g/mol. The summed E-state index contributed by atoms with van der Waals surface area (Å²) in [5, 5.41) is 2.69. The van der Waals surface area contributed by atoms with Gasteiger partial charge >= 0.3 is 0 Å². The number of benzene rings is 3. The summed E-state index contributed by atoms with van der Waals surface area (Å²) in [6, 6.07) is 20.9. The molecule has 4 N–H and O–H groups in total. The number of hydrogen-bond donors (Lipinski definition) is 3. The van der Waals surface area contributed by atoms with Crippen LogP contribution < -0.4 is 15.8 Å². The molecule has 0 aromatic heterocycles. The number of carbonyl (C=O) groups excluding carboxylic acids is 2. The average Bonchev–Trinajstić information content (AvgIpc) is 2.68. The van der Waals surface area contributed by atoms with Crippen molar-refractivity contribution in [2.45, 2.75) is 11.3 Å². The van der Waals surface area contributed by atoms with Crippen molar-refractivity contribution in [3.05, 3.63) is 90.0 Å². The molecule has 3 rings (SSSR count). The third-order valence-electron chi connectivity index (χ3n) is 4.00. The molecule has 148 valence electrons. The fraction of sp³-hybridized carbons (Fsp3) is 0.0476. The number of hydrogen-bond acceptors (Lipinski definition) is 4. The molecule has 0 radical (unpaired) electrons. The number of primary amides is 1. The topological polar surface area (TPSA) is 118 Å². The van der Waals surface area contributed by atoms with E-state index in [4.69, 9.17) is 5.73 Å². The van der Waals surface area contributed by atoms with Crippen molar-refractivity contribution in [2.24, 2.45) is 5.73 Å². The van der Waals surface area contributed by atoms with E-state index in [1.165, 1.54) is 24.3 Å². The predicted octanol–water partition coefficient (Wildman–Crippen LogP) is 2.77. The molecule has 3 aromatic rings. The van der Waals surface area contributed by atoms with Crippen LogP contribution in [0.3, 0.4) is 0 Å². The third-order valence-corrected chi connectivity index (χ3v) is 5.37. The molecule has 0 aliphatic carbocycles. The van der Waals surface area contributed by atoms with Crippen LogP contribution in [0.25, 0.3) is 0 Å². The van der Waals surface area contributed by atoms with E-state index >= 15 is 0 Å². The number of para-hydroxylation sites is 1. The van der Waals surface area contributed by atoms with E-state index in [0.717, 1.165) is 0 Å². The smallest absolute Gasteiger partial charge is 0.261 e. The zero-order valence-electron chi connectivity index (χ0n) is 15.3. The number of nitrogens with two attached hydrogens (primary N) is 1. The second-order valence-electron chi connectivity index (χ2n) is 6.30. The number of nitrogens with one attached hydrogen (secondary N) is 2. The van der Waals surface area contributed by atoms with Crippen LogP contribution in [-0.2, 0) is 21.2 Å². The first kappa shape index (κ1) is 20.1. The number of carbonyl (C=O) groups is 2. The lowest BCUT2D eigenvalue weighted by molar-refractivity contribution is -0.117. The predicted molar refractivity (Wildman–Crippen MR) is 111 cm³/mol. The zero-order valence-corrected chi connectivity index (χ0v) is 16.1. The first-order valence-electron chi connectivity index (χ1n) is 8.70. The highest BCUT2D eigenvalue weighted by Crippen LogP contribution is 2.18. The van der Waals surface area contributed by atoms with E-state index in [0.29, 0.717) is 16.9 Å². The van der Waals surface area contributed by atoms with Gasteiger partial charge in [-0.05, 0) is 48.0 Å². The first-order chi connectivity index (χ1) is 13.8. The Morgan fingerprint density at radius 3 is 2.24 bits per heavy atom. The van der Waals surface area contributed by atoms with Crippen molar-refractivity contribution < 1.29 is 18.0 Å².